The summed E-state index contributed by atoms with van der Waals surface area (Å²) in [5, 5.41) is 16.8. The van der Waals surface area contributed by atoms with Crippen LogP contribution in [0.15, 0.2) is 36.8 Å². The van der Waals surface area contributed by atoms with Crippen molar-refractivity contribution in [3.63, 3.8) is 0 Å². The first-order valence-electron chi connectivity index (χ1n) is 11.6. The van der Waals surface area contributed by atoms with E-state index in [1.54, 1.807) is 6.20 Å². The Bertz CT molecular complexity index is 1400. The molecule has 1 spiro atoms. The molecule has 36 heavy (non-hydrogen) atoms. The average molecular weight is 498 g/mol. The number of imidazole rings is 1. The van der Waals surface area contributed by atoms with Gasteiger partial charge in [-0.2, -0.15) is 4.98 Å². The second kappa shape index (κ2) is 7.58. The van der Waals surface area contributed by atoms with Crippen LogP contribution >= 0.6 is 0 Å². The molecule has 2 saturated carbocycles. The van der Waals surface area contributed by atoms with E-state index in [4.69, 9.17) is 15.8 Å². The lowest BCUT2D eigenvalue weighted by atomic mass is 10.0. The maximum Gasteiger partial charge on any atom is 0.250 e. The SMILES string of the molecule is C[C@H]1C[C@@]12C(=N)N(C=N)c1cnc(-n3ccnc3-c3ccc(F)c(F)c3)nc1N2C1CCC(F)(F)C1. The molecule has 0 amide bonds. The third-order valence-corrected chi connectivity index (χ3v) is 7.48. The van der Waals surface area contributed by atoms with Crippen molar-refractivity contribution in [2.45, 2.75) is 50.1 Å². The highest BCUT2D eigenvalue weighted by Crippen LogP contribution is 2.58. The molecular weight excluding hydrogens is 476 g/mol. The zero-order chi connectivity index (χ0) is 25.4. The van der Waals surface area contributed by atoms with E-state index in [1.165, 1.54) is 27.9 Å². The molecule has 1 aliphatic heterocycles. The normalized spacial score (nSPS) is 26.4. The highest BCUT2D eigenvalue weighted by atomic mass is 19.3. The topological polar surface area (TPSA) is 97.8 Å². The summed E-state index contributed by atoms with van der Waals surface area (Å²) in [5.74, 6) is -3.86. The molecule has 12 heteroatoms. The largest absolute Gasteiger partial charge is 0.338 e. The van der Waals surface area contributed by atoms with Crippen LogP contribution in [0.3, 0.4) is 0 Å². The molecule has 0 radical (unpaired) electrons. The number of nitrogens with one attached hydrogen (secondary N) is 2. The Labute approximate surface area is 203 Å². The summed E-state index contributed by atoms with van der Waals surface area (Å²) in [5.41, 5.74) is -0.171. The van der Waals surface area contributed by atoms with E-state index in [1.807, 2.05) is 11.8 Å². The second-order valence-corrected chi connectivity index (χ2v) is 9.63. The van der Waals surface area contributed by atoms with Gasteiger partial charge in [0.25, 0.3) is 0 Å². The van der Waals surface area contributed by atoms with Crippen molar-refractivity contribution in [2.75, 3.05) is 9.80 Å². The first kappa shape index (κ1) is 22.6. The second-order valence-electron chi connectivity index (χ2n) is 9.63. The standard InChI is InChI=1S/C24H22F4N8/c1-13-9-24(13)21(30)35(12-29)18-11-32-22(33-20(18)36(24)15-4-5-23(27,28)10-15)34-7-6-31-19(34)14-2-3-16(25)17(26)8-14/h2-3,6-8,11-13,15,29-30H,4-5,9-10H2,1H3/t13-,15?,24-/m0/s1. The fourth-order valence-corrected chi connectivity index (χ4v) is 5.62. The Morgan fingerprint density at radius 2 is 1.92 bits per heavy atom. The lowest BCUT2D eigenvalue weighted by Gasteiger charge is -2.46. The van der Waals surface area contributed by atoms with Gasteiger partial charge in [0.05, 0.1) is 12.5 Å². The smallest absolute Gasteiger partial charge is 0.250 e. The zero-order valence-corrected chi connectivity index (χ0v) is 19.2. The summed E-state index contributed by atoms with van der Waals surface area (Å²) in [6.45, 7) is 1.96. The molecule has 2 fully saturated rings. The van der Waals surface area contributed by atoms with Gasteiger partial charge < -0.3 is 4.90 Å². The summed E-state index contributed by atoms with van der Waals surface area (Å²) < 4.78 is 57.5. The van der Waals surface area contributed by atoms with Gasteiger partial charge in [0.15, 0.2) is 17.5 Å². The number of rotatable bonds is 4. The maximum atomic E-state index is 14.3. The quantitative estimate of drug-likeness (QED) is 0.306. The Kier molecular flexibility index (Phi) is 4.76. The number of hydrogen-bond donors (Lipinski definition) is 2. The number of hydrogen-bond acceptors (Lipinski definition) is 6. The van der Waals surface area contributed by atoms with Crippen LogP contribution < -0.4 is 9.80 Å². The van der Waals surface area contributed by atoms with E-state index in [9.17, 15) is 17.6 Å². The predicted octanol–water partition coefficient (Wildman–Crippen LogP) is 4.78. The number of fused-ring (bicyclic) bond motifs is 1. The summed E-state index contributed by atoms with van der Waals surface area (Å²) in [7, 11) is 0. The number of aromatic nitrogens is 4. The van der Waals surface area contributed by atoms with Gasteiger partial charge in [0.2, 0.25) is 11.9 Å². The fraction of sp³-hybridized carbons (Fsp3) is 0.375. The summed E-state index contributed by atoms with van der Waals surface area (Å²) in [6.07, 6.45) is 5.76. The zero-order valence-electron chi connectivity index (χ0n) is 19.2. The molecule has 1 unspecified atom stereocenters. The van der Waals surface area contributed by atoms with E-state index in [0.29, 0.717) is 23.5 Å². The van der Waals surface area contributed by atoms with E-state index in [2.05, 4.69) is 9.97 Å². The predicted molar refractivity (Wildman–Crippen MR) is 125 cm³/mol. The average Bonchev–Trinajstić information content (AvgIpc) is 3.16. The number of nitrogens with zero attached hydrogens (tertiary/aromatic N) is 6. The molecule has 3 aliphatic rings. The van der Waals surface area contributed by atoms with E-state index >= 15 is 0 Å². The van der Waals surface area contributed by atoms with E-state index in [0.717, 1.165) is 18.5 Å². The number of anilines is 2. The summed E-state index contributed by atoms with van der Waals surface area (Å²) >= 11 is 0. The van der Waals surface area contributed by atoms with Crippen molar-refractivity contribution in [1.82, 2.24) is 19.5 Å². The molecule has 3 atom stereocenters. The van der Waals surface area contributed by atoms with Gasteiger partial charge in [-0.15, -0.1) is 0 Å². The van der Waals surface area contributed by atoms with Gasteiger partial charge in [0.1, 0.15) is 22.9 Å². The van der Waals surface area contributed by atoms with Crippen LogP contribution in [0.1, 0.15) is 32.6 Å². The van der Waals surface area contributed by atoms with Gasteiger partial charge in [-0.05, 0) is 37.0 Å². The minimum atomic E-state index is -2.80. The Morgan fingerprint density at radius 3 is 2.56 bits per heavy atom. The van der Waals surface area contributed by atoms with Gasteiger partial charge >= 0.3 is 0 Å². The Morgan fingerprint density at radius 1 is 1.14 bits per heavy atom. The van der Waals surface area contributed by atoms with Crippen LogP contribution in [0, 0.1) is 28.4 Å². The van der Waals surface area contributed by atoms with Crippen LogP contribution in [-0.2, 0) is 0 Å². The molecule has 2 aromatic heterocycles. The molecule has 0 bridgehead atoms. The summed E-state index contributed by atoms with van der Waals surface area (Å²) in [6, 6.07) is 2.89. The lowest BCUT2D eigenvalue weighted by molar-refractivity contribution is 0.00756. The molecule has 3 heterocycles. The van der Waals surface area contributed by atoms with E-state index in [-0.39, 0.29) is 42.8 Å². The number of benzene rings is 1. The Hall–Kier alpha value is -3.83. The molecule has 3 aromatic rings. The first-order valence-corrected chi connectivity index (χ1v) is 11.6. The molecule has 6 rings (SSSR count). The molecule has 186 valence electrons. The minimum absolute atomic E-state index is 0.0132. The monoisotopic (exact) mass is 498 g/mol. The molecule has 0 saturated heterocycles. The van der Waals surface area contributed by atoms with Crippen LogP contribution in [0.2, 0.25) is 0 Å². The van der Waals surface area contributed by atoms with Crippen molar-refractivity contribution in [2.24, 2.45) is 5.92 Å². The van der Waals surface area contributed by atoms with Crippen LogP contribution in [0.5, 0.6) is 0 Å². The molecule has 2 aliphatic carbocycles. The number of halogens is 4. The van der Waals surface area contributed by atoms with Gasteiger partial charge in [-0.25, -0.2) is 27.5 Å². The third-order valence-electron chi connectivity index (χ3n) is 7.48. The van der Waals surface area contributed by atoms with Crippen LogP contribution in [0.25, 0.3) is 17.3 Å². The minimum Gasteiger partial charge on any atom is -0.338 e. The third kappa shape index (κ3) is 3.16. The van der Waals surface area contributed by atoms with Crippen molar-refractivity contribution < 1.29 is 17.6 Å². The fourth-order valence-electron chi connectivity index (χ4n) is 5.62. The highest BCUT2D eigenvalue weighted by molar-refractivity contribution is 6.20. The van der Waals surface area contributed by atoms with Crippen molar-refractivity contribution in [3.8, 4) is 17.3 Å². The van der Waals surface area contributed by atoms with Gasteiger partial charge in [-0.3, -0.25) is 20.3 Å². The molecule has 1 aromatic carbocycles. The number of amidine groups is 1. The lowest BCUT2D eigenvalue weighted by Crippen LogP contribution is -2.59. The Balaban J connectivity index is 1.50. The molecule has 8 nitrogen and oxygen atoms in total. The summed E-state index contributed by atoms with van der Waals surface area (Å²) in [4.78, 5) is 16.6. The van der Waals surface area contributed by atoms with Gasteiger partial charge in [-0.1, -0.05) is 6.92 Å². The van der Waals surface area contributed by atoms with Crippen LogP contribution in [-0.4, -0.2) is 49.2 Å². The first-order chi connectivity index (χ1) is 17.2. The van der Waals surface area contributed by atoms with E-state index < -0.39 is 29.1 Å². The number of alkyl halides is 2. The van der Waals surface area contributed by atoms with Crippen molar-refractivity contribution in [1.29, 1.82) is 10.8 Å². The van der Waals surface area contributed by atoms with Crippen LogP contribution in [0.4, 0.5) is 29.1 Å². The molecular formula is C24H22F4N8. The van der Waals surface area contributed by atoms with Crippen molar-refractivity contribution in [3.05, 3.63) is 48.4 Å². The van der Waals surface area contributed by atoms with Gasteiger partial charge in [0, 0.05) is 36.8 Å². The highest BCUT2D eigenvalue weighted by Gasteiger charge is 2.66. The molecule has 2 N–H and O–H groups in total. The maximum absolute atomic E-state index is 14.3. The van der Waals surface area contributed by atoms with Crippen molar-refractivity contribution >= 4 is 23.7 Å².